The summed E-state index contributed by atoms with van der Waals surface area (Å²) in [5.74, 6) is 1.09. The molecule has 0 unspecified atom stereocenters. The van der Waals surface area contributed by atoms with Gasteiger partial charge in [-0.3, -0.25) is 0 Å². The Morgan fingerprint density at radius 3 is 2.28 bits per heavy atom. The highest BCUT2D eigenvalue weighted by Crippen LogP contribution is 2.37. The van der Waals surface area contributed by atoms with Crippen LogP contribution in [-0.2, 0) is 17.1 Å². The van der Waals surface area contributed by atoms with Gasteiger partial charge in [-0.15, -0.1) is 0 Å². The monoisotopic (exact) mass is 257 g/mol. The van der Waals surface area contributed by atoms with Gasteiger partial charge in [-0.25, -0.2) is 4.39 Å². The molecule has 18 heavy (non-hydrogen) atoms. The molecule has 1 N–H and O–H groups in total. The fourth-order valence-corrected chi connectivity index (χ4v) is 1.67. The van der Waals surface area contributed by atoms with Crippen molar-refractivity contribution in [1.82, 2.24) is 5.48 Å². The number of ether oxygens (including phenoxy) is 2. The average Bonchev–Trinajstić information content (AvgIpc) is 2.33. The molecule has 5 heteroatoms. The van der Waals surface area contributed by atoms with Crippen molar-refractivity contribution in [1.29, 1.82) is 0 Å². The van der Waals surface area contributed by atoms with E-state index in [2.05, 4.69) is 5.48 Å². The van der Waals surface area contributed by atoms with Crippen molar-refractivity contribution in [2.45, 2.75) is 26.1 Å². The maximum absolute atomic E-state index is 14.0. The van der Waals surface area contributed by atoms with Crippen LogP contribution in [0.2, 0.25) is 0 Å². The van der Waals surface area contributed by atoms with E-state index in [1.54, 1.807) is 19.2 Å². The molecule has 0 fully saturated rings. The Morgan fingerprint density at radius 2 is 1.83 bits per heavy atom. The second-order valence-electron chi connectivity index (χ2n) is 4.37. The Hall–Kier alpha value is -1.33. The molecule has 0 radical (unpaired) electrons. The van der Waals surface area contributed by atoms with Gasteiger partial charge in [0, 0.05) is 12.1 Å². The number of hydrogen-bond acceptors (Lipinski definition) is 4. The number of halogens is 1. The fraction of sp³-hybridized carbons (Fsp3) is 0.538. The third-order valence-electron chi connectivity index (χ3n) is 2.65. The van der Waals surface area contributed by atoms with E-state index in [1.165, 1.54) is 28.1 Å². The predicted octanol–water partition coefficient (Wildman–Crippen LogP) is 2.56. The number of hydrogen-bond donors (Lipinski definition) is 1. The van der Waals surface area contributed by atoms with Crippen LogP contribution >= 0.6 is 0 Å². The molecule has 0 amide bonds. The number of methoxy groups -OCH3 is 2. The number of nitrogens with one attached hydrogen (secondary N) is 1. The van der Waals surface area contributed by atoms with Crippen molar-refractivity contribution in [3.63, 3.8) is 0 Å². The molecule has 4 nitrogen and oxygen atoms in total. The maximum atomic E-state index is 14.0. The first-order valence-electron chi connectivity index (χ1n) is 5.64. The summed E-state index contributed by atoms with van der Waals surface area (Å²) >= 11 is 0. The first-order chi connectivity index (χ1) is 8.43. The van der Waals surface area contributed by atoms with E-state index in [0.717, 1.165) is 5.56 Å². The molecule has 0 spiro atoms. The van der Waals surface area contributed by atoms with E-state index in [4.69, 9.17) is 14.3 Å². The zero-order valence-corrected chi connectivity index (χ0v) is 11.5. The summed E-state index contributed by atoms with van der Waals surface area (Å²) < 4.78 is 24.5. The quantitative estimate of drug-likeness (QED) is 0.795. The largest absolute Gasteiger partial charge is 0.493 e. The topological polar surface area (TPSA) is 39.7 Å². The molecule has 0 bridgehead atoms. The maximum Gasteiger partial charge on any atom is 0.165 e. The third-order valence-corrected chi connectivity index (χ3v) is 2.65. The Morgan fingerprint density at radius 1 is 1.17 bits per heavy atom. The van der Waals surface area contributed by atoms with E-state index in [-0.39, 0.29) is 0 Å². The lowest BCUT2D eigenvalue weighted by Gasteiger charge is -2.20. The van der Waals surface area contributed by atoms with Gasteiger partial charge in [0.2, 0.25) is 0 Å². The zero-order valence-electron chi connectivity index (χ0n) is 11.5. The minimum absolute atomic E-state index is 0.403. The molecule has 0 aromatic heterocycles. The minimum atomic E-state index is -1.44. The predicted molar refractivity (Wildman–Crippen MR) is 67.5 cm³/mol. The molecular formula is C13H20FNO3. The summed E-state index contributed by atoms with van der Waals surface area (Å²) in [5, 5.41) is 0. The van der Waals surface area contributed by atoms with Crippen molar-refractivity contribution in [2.24, 2.45) is 0 Å². The van der Waals surface area contributed by atoms with Gasteiger partial charge in [-0.05, 0) is 31.5 Å². The van der Waals surface area contributed by atoms with Gasteiger partial charge >= 0.3 is 0 Å². The van der Waals surface area contributed by atoms with Gasteiger partial charge in [0.1, 0.15) is 5.67 Å². The molecule has 0 saturated carbocycles. The second-order valence-corrected chi connectivity index (χ2v) is 4.37. The van der Waals surface area contributed by atoms with Crippen LogP contribution in [0.1, 0.15) is 25.0 Å². The third kappa shape index (κ3) is 3.34. The van der Waals surface area contributed by atoms with Crippen molar-refractivity contribution in [3.05, 3.63) is 23.3 Å². The minimum Gasteiger partial charge on any atom is -0.493 e. The highest BCUT2D eigenvalue weighted by molar-refractivity contribution is 5.50. The molecule has 1 aromatic rings. The summed E-state index contributed by atoms with van der Waals surface area (Å²) in [7, 11) is 4.60. The molecular weight excluding hydrogens is 237 g/mol. The van der Waals surface area contributed by atoms with Crippen molar-refractivity contribution in [3.8, 4) is 11.5 Å². The Labute approximate surface area is 107 Å². The SMILES string of the molecule is CONCc1cc(C(C)(C)F)cc(OC)c1OC. The first kappa shape index (κ1) is 14.7. The van der Waals surface area contributed by atoms with Crippen molar-refractivity contribution >= 4 is 0 Å². The van der Waals surface area contributed by atoms with Crippen LogP contribution in [0.3, 0.4) is 0 Å². The van der Waals surface area contributed by atoms with E-state index in [1.807, 2.05) is 0 Å². The molecule has 0 heterocycles. The van der Waals surface area contributed by atoms with Crippen LogP contribution in [0.4, 0.5) is 4.39 Å². The van der Waals surface area contributed by atoms with Gasteiger partial charge in [-0.2, -0.15) is 5.48 Å². The lowest BCUT2D eigenvalue weighted by Crippen LogP contribution is -2.15. The van der Waals surface area contributed by atoms with Gasteiger partial charge in [0.25, 0.3) is 0 Å². The number of rotatable bonds is 6. The fourth-order valence-electron chi connectivity index (χ4n) is 1.67. The van der Waals surface area contributed by atoms with Gasteiger partial charge in [0.15, 0.2) is 11.5 Å². The van der Waals surface area contributed by atoms with Gasteiger partial charge in [0.05, 0.1) is 21.3 Å². The Kier molecular flexibility index (Phi) is 4.93. The first-order valence-corrected chi connectivity index (χ1v) is 5.64. The zero-order chi connectivity index (χ0) is 13.8. The smallest absolute Gasteiger partial charge is 0.165 e. The Bertz CT molecular complexity index is 402. The lowest BCUT2D eigenvalue weighted by atomic mass is 9.97. The molecule has 1 aromatic carbocycles. The summed E-state index contributed by atoms with van der Waals surface area (Å²) in [4.78, 5) is 4.80. The van der Waals surface area contributed by atoms with Gasteiger partial charge < -0.3 is 14.3 Å². The summed E-state index contributed by atoms with van der Waals surface area (Å²) in [6.07, 6.45) is 0. The second kappa shape index (κ2) is 6.02. The molecule has 0 saturated heterocycles. The normalized spacial score (nSPS) is 11.4. The standard InChI is InChI=1S/C13H20FNO3/c1-13(2,14)10-6-9(8-15-18-5)12(17-4)11(7-10)16-3/h6-7,15H,8H2,1-5H3. The van der Waals surface area contributed by atoms with E-state index < -0.39 is 5.67 Å². The van der Waals surface area contributed by atoms with Crippen LogP contribution < -0.4 is 15.0 Å². The number of benzene rings is 1. The van der Waals surface area contributed by atoms with Crippen LogP contribution in [0.15, 0.2) is 12.1 Å². The van der Waals surface area contributed by atoms with Crippen molar-refractivity contribution < 1.29 is 18.7 Å². The van der Waals surface area contributed by atoms with E-state index in [0.29, 0.717) is 23.6 Å². The van der Waals surface area contributed by atoms with Crippen LogP contribution in [0.25, 0.3) is 0 Å². The van der Waals surface area contributed by atoms with Crippen molar-refractivity contribution in [2.75, 3.05) is 21.3 Å². The van der Waals surface area contributed by atoms with Crippen LogP contribution in [-0.4, -0.2) is 21.3 Å². The Balaban J connectivity index is 3.26. The highest BCUT2D eigenvalue weighted by atomic mass is 19.1. The molecule has 0 aliphatic carbocycles. The highest BCUT2D eigenvalue weighted by Gasteiger charge is 2.23. The van der Waals surface area contributed by atoms with E-state index in [9.17, 15) is 4.39 Å². The summed E-state index contributed by atoms with van der Waals surface area (Å²) in [6, 6.07) is 3.39. The number of alkyl halides is 1. The van der Waals surface area contributed by atoms with E-state index >= 15 is 0 Å². The summed E-state index contributed by atoms with van der Waals surface area (Å²) in [5.41, 5.74) is 2.58. The molecule has 0 aliphatic heterocycles. The number of hydroxylamine groups is 1. The lowest BCUT2D eigenvalue weighted by molar-refractivity contribution is 0.0859. The van der Waals surface area contributed by atoms with Gasteiger partial charge in [-0.1, -0.05) is 0 Å². The summed E-state index contributed by atoms with van der Waals surface area (Å²) in [6.45, 7) is 3.41. The molecule has 1 rings (SSSR count). The molecule has 102 valence electrons. The van der Waals surface area contributed by atoms with Crippen LogP contribution in [0.5, 0.6) is 11.5 Å². The molecule has 0 atom stereocenters. The van der Waals surface area contributed by atoms with Crippen LogP contribution in [0, 0.1) is 0 Å². The average molecular weight is 257 g/mol. The molecule has 0 aliphatic rings.